The zero-order valence-electron chi connectivity index (χ0n) is 11.1. The van der Waals surface area contributed by atoms with E-state index < -0.39 is 0 Å². The Hall–Kier alpha value is -0.610. The minimum atomic E-state index is -0.123. The number of hydrogen-bond donors (Lipinski definition) is 1. The van der Waals surface area contributed by atoms with Crippen LogP contribution in [0.15, 0.2) is 0 Å². The summed E-state index contributed by atoms with van der Waals surface area (Å²) < 4.78 is 4.78. The van der Waals surface area contributed by atoms with Gasteiger partial charge in [0.05, 0.1) is 13.0 Å². The highest BCUT2D eigenvalue weighted by atomic mass is 16.5. The molecule has 98 valence electrons. The fourth-order valence-corrected chi connectivity index (χ4v) is 2.60. The van der Waals surface area contributed by atoms with E-state index in [2.05, 4.69) is 17.1 Å². The molecule has 0 amide bonds. The Morgan fingerprint density at radius 2 is 2.06 bits per heavy atom. The number of rotatable bonds is 5. The maximum atomic E-state index is 11.4. The number of hydrogen-bond acceptors (Lipinski definition) is 4. The summed E-state index contributed by atoms with van der Waals surface area (Å²) in [6.07, 6.45) is 3.95. The molecule has 1 N–H and O–H groups in total. The molecule has 1 saturated carbocycles. The molecular formula is C13H24N2O2. The smallest absolute Gasteiger partial charge is 0.309 e. The standard InChI is InChI=1S/C13H24N2O2/c1-9(13(16)17-3)10(2)14-11-6-7-15(8-11)12-4-5-12/h9-12,14H,4-8H2,1-3H3. The number of methoxy groups -OCH3 is 1. The van der Waals surface area contributed by atoms with Crippen LogP contribution in [-0.2, 0) is 9.53 Å². The normalized spacial score (nSPS) is 29.0. The van der Waals surface area contributed by atoms with Crippen molar-refractivity contribution in [1.82, 2.24) is 10.2 Å². The first-order valence-corrected chi connectivity index (χ1v) is 6.69. The molecular weight excluding hydrogens is 216 g/mol. The lowest BCUT2D eigenvalue weighted by Gasteiger charge is -2.23. The van der Waals surface area contributed by atoms with Crippen LogP contribution in [0.25, 0.3) is 0 Å². The monoisotopic (exact) mass is 240 g/mol. The van der Waals surface area contributed by atoms with Gasteiger partial charge in [0.25, 0.3) is 0 Å². The summed E-state index contributed by atoms with van der Waals surface area (Å²) in [5.74, 6) is -0.197. The van der Waals surface area contributed by atoms with Crippen molar-refractivity contribution in [2.24, 2.45) is 5.92 Å². The molecule has 0 aromatic heterocycles. The summed E-state index contributed by atoms with van der Waals surface area (Å²) >= 11 is 0. The van der Waals surface area contributed by atoms with Crippen molar-refractivity contribution in [2.45, 2.75) is 51.2 Å². The molecule has 3 unspecified atom stereocenters. The molecule has 1 heterocycles. The zero-order chi connectivity index (χ0) is 12.4. The molecule has 4 heteroatoms. The summed E-state index contributed by atoms with van der Waals surface area (Å²) in [5, 5.41) is 3.56. The van der Waals surface area contributed by atoms with Crippen LogP contribution in [0.3, 0.4) is 0 Å². The molecule has 2 rings (SSSR count). The Morgan fingerprint density at radius 3 is 2.65 bits per heavy atom. The number of carbonyl (C=O) groups excluding carboxylic acids is 1. The Kier molecular flexibility index (Phi) is 4.05. The quantitative estimate of drug-likeness (QED) is 0.728. The first kappa shape index (κ1) is 12.8. The van der Waals surface area contributed by atoms with Gasteiger partial charge < -0.3 is 10.1 Å². The Labute approximate surface area is 104 Å². The van der Waals surface area contributed by atoms with Gasteiger partial charge in [-0.25, -0.2) is 0 Å². The lowest BCUT2D eigenvalue weighted by Crippen LogP contribution is -2.44. The van der Waals surface area contributed by atoms with Crippen molar-refractivity contribution in [1.29, 1.82) is 0 Å². The number of nitrogens with one attached hydrogen (secondary N) is 1. The van der Waals surface area contributed by atoms with Gasteiger partial charge in [-0.15, -0.1) is 0 Å². The zero-order valence-corrected chi connectivity index (χ0v) is 11.1. The van der Waals surface area contributed by atoms with E-state index in [4.69, 9.17) is 4.74 Å². The van der Waals surface area contributed by atoms with E-state index in [1.807, 2.05) is 6.92 Å². The van der Waals surface area contributed by atoms with Crippen LogP contribution < -0.4 is 5.32 Å². The molecule has 3 atom stereocenters. The number of likely N-dealkylation sites (tertiary alicyclic amines) is 1. The fraction of sp³-hybridized carbons (Fsp3) is 0.923. The summed E-state index contributed by atoms with van der Waals surface area (Å²) in [4.78, 5) is 14.0. The molecule has 2 fully saturated rings. The highest BCUT2D eigenvalue weighted by Gasteiger charge is 2.35. The van der Waals surface area contributed by atoms with Crippen LogP contribution in [0.5, 0.6) is 0 Å². The summed E-state index contributed by atoms with van der Waals surface area (Å²) in [6.45, 7) is 6.35. The molecule has 0 aromatic rings. The molecule has 1 aliphatic carbocycles. The maximum Gasteiger partial charge on any atom is 0.309 e. The Balaban J connectivity index is 1.75. The van der Waals surface area contributed by atoms with E-state index >= 15 is 0 Å². The average molecular weight is 240 g/mol. The second-order valence-corrected chi connectivity index (χ2v) is 5.48. The highest BCUT2D eigenvalue weighted by molar-refractivity contribution is 5.72. The second kappa shape index (κ2) is 5.36. The summed E-state index contributed by atoms with van der Waals surface area (Å²) in [7, 11) is 1.45. The number of ether oxygens (including phenoxy) is 1. The number of nitrogens with zero attached hydrogens (tertiary/aromatic N) is 1. The molecule has 0 radical (unpaired) electrons. The third kappa shape index (κ3) is 3.19. The van der Waals surface area contributed by atoms with Gasteiger partial charge in [-0.3, -0.25) is 9.69 Å². The van der Waals surface area contributed by atoms with Crippen molar-refractivity contribution >= 4 is 5.97 Å². The van der Waals surface area contributed by atoms with E-state index in [-0.39, 0.29) is 17.9 Å². The molecule has 0 aromatic carbocycles. The third-order valence-corrected chi connectivity index (χ3v) is 4.10. The molecule has 0 bridgehead atoms. The van der Waals surface area contributed by atoms with E-state index in [0.717, 1.165) is 12.6 Å². The maximum absolute atomic E-state index is 11.4. The third-order valence-electron chi connectivity index (χ3n) is 4.10. The largest absolute Gasteiger partial charge is 0.469 e. The predicted octanol–water partition coefficient (Wildman–Crippen LogP) is 1.01. The molecule has 17 heavy (non-hydrogen) atoms. The minimum absolute atomic E-state index is 0.0741. The van der Waals surface area contributed by atoms with Crippen molar-refractivity contribution in [3.05, 3.63) is 0 Å². The van der Waals surface area contributed by atoms with Gasteiger partial charge in [0.1, 0.15) is 0 Å². The van der Waals surface area contributed by atoms with Gasteiger partial charge in [0, 0.05) is 31.2 Å². The van der Waals surface area contributed by atoms with Crippen LogP contribution in [0.4, 0.5) is 0 Å². The summed E-state index contributed by atoms with van der Waals surface area (Å²) in [5.41, 5.74) is 0. The Morgan fingerprint density at radius 1 is 1.35 bits per heavy atom. The molecule has 1 aliphatic heterocycles. The van der Waals surface area contributed by atoms with E-state index in [9.17, 15) is 4.79 Å². The summed E-state index contributed by atoms with van der Waals surface area (Å²) in [6, 6.07) is 1.58. The van der Waals surface area contributed by atoms with Crippen LogP contribution in [-0.4, -0.2) is 49.2 Å². The van der Waals surface area contributed by atoms with Crippen molar-refractivity contribution in [3.63, 3.8) is 0 Å². The van der Waals surface area contributed by atoms with Crippen LogP contribution in [0.1, 0.15) is 33.1 Å². The van der Waals surface area contributed by atoms with E-state index in [1.54, 1.807) is 0 Å². The molecule has 0 spiro atoms. The van der Waals surface area contributed by atoms with Gasteiger partial charge in [0.2, 0.25) is 0 Å². The number of carbonyl (C=O) groups is 1. The van der Waals surface area contributed by atoms with Gasteiger partial charge in [-0.2, -0.15) is 0 Å². The highest BCUT2D eigenvalue weighted by Crippen LogP contribution is 2.30. The van der Waals surface area contributed by atoms with Crippen LogP contribution in [0.2, 0.25) is 0 Å². The molecule has 1 saturated heterocycles. The number of esters is 1. The van der Waals surface area contributed by atoms with Crippen LogP contribution >= 0.6 is 0 Å². The van der Waals surface area contributed by atoms with E-state index in [0.29, 0.717) is 6.04 Å². The second-order valence-electron chi connectivity index (χ2n) is 5.48. The van der Waals surface area contributed by atoms with Gasteiger partial charge in [-0.1, -0.05) is 6.92 Å². The molecule has 2 aliphatic rings. The fourth-order valence-electron chi connectivity index (χ4n) is 2.60. The van der Waals surface area contributed by atoms with Gasteiger partial charge in [0.15, 0.2) is 0 Å². The van der Waals surface area contributed by atoms with Crippen molar-refractivity contribution < 1.29 is 9.53 Å². The van der Waals surface area contributed by atoms with Crippen molar-refractivity contribution in [3.8, 4) is 0 Å². The SMILES string of the molecule is COC(=O)C(C)C(C)NC1CCN(C2CC2)C1. The molecule has 4 nitrogen and oxygen atoms in total. The average Bonchev–Trinajstić information content (AvgIpc) is 3.08. The van der Waals surface area contributed by atoms with Gasteiger partial charge in [-0.05, 0) is 26.2 Å². The van der Waals surface area contributed by atoms with Gasteiger partial charge >= 0.3 is 5.97 Å². The first-order chi connectivity index (χ1) is 8.11. The van der Waals surface area contributed by atoms with Crippen LogP contribution in [0, 0.1) is 5.92 Å². The van der Waals surface area contributed by atoms with E-state index in [1.165, 1.54) is 32.9 Å². The first-order valence-electron chi connectivity index (χ1n) is 6.69. The lowest BCUT2D eigenvalue weighted by atomic mass is 10.0. The van der Waals surface area contributed by atoms with Crippen molar-refractivity contribution in [2.75, 3.05) is 20.2 Å². The predicted molar refractivity (Wildman–Crippen MR) is 66.8 cm³/mol. The topological polar surface area (TPSA) is 41.6 Å². The lowest BCUT2D eigenvalue weighted by molar-refractivity contribution is -0.145. The minimum Gasteiger partial charge on any atom is -0.469 e. The Bertz CT molecular complexity index is 279.